The van der Waals surface area contributed by atoms with Crippen LogP contribution in [0.15, 0.2) is 48.5 Å². The van der Waals surface area contributed by atoms with Crippen molar-refractivity contribution in [1.82, 2.24) is 0 Å². The minimum Gasteiger partial charge on any atom is -0.508 e. The van der Waals surface area contributed by atoms with Crippen molar-refractivity contribution < 1.29 is 19.7 Å². The van der Waals surface area contributed by atoms with Crippen molar-refractivity contribution in [1.29, 1.82) is 0 Å². The standard InChI is InChI=1S/C18H20FNO3/c19-11-17(22)18(23)12-20-15-7-3-13(4-8-15)1-2-14-5-9-16(21)10-6-14/h1-10,17-18,20-23H,11-12H2/b2-1+. The van der Waals surface area contributed by atoms with Gasteiger partial charge in [-0.1, -0.05) is 36.4 Å². The zero-order valence-electron chi connectivity index (χ0n) is 12.6. The van der Waals surface area contributed by atoms with E-state index >= 15 is 0 Å². The Balaban J connectivity index is 1.90. The van der Waals surface area contributed by atoms with Gasteiger partial charge in [0.25, 0.3) is 0 Å². The van der Waals surface area contributed by atoms with Crippen LogP contribution < -0.4 is 5.32 Å². The fourth-order valence-corrected chi connectivity index (χ4v) is 1.95. The number of hydrogen-bond donors (Lipinski definition) is 4. The molecule has 0 spiro atoms. The molecule has 5 heteroatoms. The van der Waals surface area contributed by atoms with E-state index < -0.39 is 18.9 Å². The summed E-state index contributed by atoms with van der Waals surface area (Å²) in [6.45, 7) is -0.891. The topological polar surface area (TPSA) is 72.7 Å². The van der Waals surface area contributed by atoms with E-state index in [1.807, 2.05) is 48.6 Å². The molecular formula is C18H20FNO3. The number of nitrogens with one attached hydrogen (secondary N) is 1. The molecule has 2 aromatic carbocycles. The summed E-state index contributed by atoms with van der Waals surface area (Å²) < 4.78 is 12.2. The van der Waals surface area contributed by atoms with Crippen molar-refractivity contribution in [2.24, 2.45) is 0 Å². The number of hydrogen-bond acceptors (Lipinski definition) is 4. The third-order valence-corrected chi connectivity index (χ3v) is 3.39. The first-order valence-electron chi connectivity index (χ1n) is 7.31. The highest BCUT2D eigenvalue weighted by atomic mass is 19.1. The zero-order valence-corrected chi connectivity index (χ0v) is 12.6. The van der Waals surface area contributed by atoms with Crippen LogP contribution in [0.25, 0.3) is 12.2 Å². The molecule has 0 heterocycles. The van der Waals surface area contributed by atoms with Crippen molar-refractivity contribution >= 4 is 17.8 Å². The smallest absolute Gasteiger partial charge is 0.118 e. The Hall–Kier alpha value is -2.37. The SMILES string of the molecule is Oc1ccc(/C=C/c2ccc(NCC(O)C(O)CF)cc2)cc1. The Morgan fingerprint density at radius 1 is 0.870 bits per heavy atom. The maximum atomic E-state index is 12.2. The zero-order chi connectivity index (χ0) is 16.7. The molecule has 0 saturated carbocycles. The van der Waals surface area contributed by atoms with E-state index in [9.17, 15) is 14.6 Å². The van der Waals surface area contributed by atoms with Gasteiger partial charge < -0.3 is 20.6 Å². The van der Waals surface area contributed by atoms with Crippen molar-refractivity contribution in [3.8, 4) is 5.75 Å². The summed E-state index contributed by atoms with van der Waals surface area (Å²) in [6.07, 6.45) is 1.37. The number of aliphatic hydroxyl groups is 2. The fourth-order valence-electron chi connectivity index (χ4n) is 1.95. The van der Waals surface area contributed by atoms with Crippen LogP contribution in [-0.2, 0) is 0 Å². The van der Waals surface area contributed by atoms with Crippen molar-refractivity contribution in [3.05, 3.63) is 59.7 Å². The summed E-state index contributed by atoms with van der Waals surface area (Å²) in [5.41, 5.74) is 2.75. The lowest BCUT2D eigenvalue weighted by molar-refractivity contribution is 0.0130. The molecule has 122 valence electrons. The van der Waals surface area contributed by atoms with Crippen LogP contribution in [0, 0.1) is 0 Å². The van der Waals surface area contributed by atoms with Crippen LogP contribution in [0.2, 0.25) is 0 Å². The van der Waals surface area contributed by atoms with Gasteiger partial charge in [-0.3, -0.25) is 0 Å². The summed E-state index contributed by atoms with van der Waals surface area (Å²) in [5.74, 6) is 0.234. The molecule has 0 aliphatic carbocycles. The molecule has 4 N–H and O–H groups in total. The average Bonchev–Trinajstić information content (AvgIpc) is 2.59. The van der Waals surface area contributed by atoms with Gasteiger partial charge in [-0.05, 0) is 35.4 Å². The Labute approximate surface area is 134 Å². The van der Waals surface area contributed by atoms with Crippen molar-refractivity contribution in [2.75, 3.05) is 18.5 Å². The van der Waals surface area contributed by atoms with Gasteiger partial charge in [-0.2, -0.15) is 0 Å². The summed E-state index contributed by atoms with van der Waals surface area (Å²) in [4.78, 5) is 0. The number of halogens is 1. The van der Waals surface area contributed by atoms with Gasteiger partial charge in [-0.25, -0.2) is 4.39 Å². The van der Waals surface area contributed by atoms with Gasteiger partial charge >= 0.3 is 0 Å². The van der Waals surface area contributed by atoms with Gasteiger partial charge in [-0.15, -0.1) is 0 Å². The molecule has 2 atom stereocenters. The summed E-state index contributed by atoms with van der Waals surface area (Å²) in [6, 6.07) is 14.4. The van der Waals surface area contributed by atoms with E-state index in [1.54, 1.807) is 12.1 Å². The summed E-state index contributed by atoms with van der Waals surface area (Å²) in [5, 5.41) is 30.8. The Bertz CT molecular complexity index is 626. The molecule has 0 bridgehead atoms. The number of benzene rings is 2. The molecule has 0 amide bonds. The second-order valence-electron chi connectivity index (χ2n) is 5.22. The van der Waals surface area contributed by atoms with E-state index in [0.29, 0.717) is 0 Å². The number of phenolic OH excluding ortho intramolecular Hbond substituents is 1. The third kappa shape index (κ3) is 5.39. The Morgan fingerprint density at radius 2 is 1.39 bits per heavy atom. The second kappa shape index (κ2) is 8.31. The average molecular weight is 317 g/mol. The highest BCUT2D eigenvalue weighted by Crippen LogP contribution is 2.15. The molecule has 0 aliphatic heterocycles. The number of aliphatic hydroxyl groups excluding tert-OH is 2. The predicted octanol–water partition coefficient (Wildman–Crippen LogP) is 2.67. The summed E-state index contributed by atoms with van der Waals surface area (Å²) in [7, 11) is 0. The maximum Gasteiger partial charge on any atom is 0.118 e. The maximum absolute atomic E-state index is 12.2. The number of phenols is 1. The summed E-state index contributed by atoms with van der Waals surface area (Å²) >= 11 is 0. The first kappa shape index (κ1) is 17.0. The molecule has 4 nitrogen and oxygen atoms in total. The van der Waals surface area contributed by atoms with Crippen LogP contribution >= 0.6 is 0 Å². The van der Waals surface area contributed by atoms with E-state index in [2.05, 4.69) is 5.32 Å². The lowest BCUT2D eigenvalue weighted by atomic mass is 10.1. The number of aromatic hydroxyl groups is 1. The molecule has 2 rings (SSSR count). The van der Waals surface area contributed by atoms with Crippen LogP contribution in [0.1, 0.15) is 11.1 Å². The quantitative estimate of drug-likeness (QED) is 0.593. The monoisotopic (exact) mass is 317 g/mol. The van der Waals surface area contributed by atoms with Gasteiger partial charge in [0.1, 0.15) is 18.5 Å². The van der Waals surface area contributed by atoms with Gasteiger partial charge in [0.15, 0.2) is 0 Å². The van der Waals surface area contributed by atoms with E-state index in [1.165, 1.54) is 0 Å². The highest BCUT2D eigenvalue weighted by molar-refractivity contribution is 5.70. The van der Waals surface area contributed by atoms with Crippen LogP contribution in [0.4, 0.5) is 10.1 Å². The first-order valence-corrected chi connectivity index (χ1v) is 7.31. The molecule has 0 fully saturated rings. The van der Waals surface area contributed by atoms with Gasteiger partial charge in [0.05, 0.1) is 6.10 Å². The molecule has 0 aliphatic rings. The van der Waals surface area contributed by atoms with Crippen molar-refractivity contribution in [3.63, 3.8) is 0 Å². The number of rotatable bonds is 7. The second-order valence-corrected chi connectivity index (χ2v) is 5.22. The lowest BCUT2D eigenvalue weighted by Crippen LogP contribution is -2.34. The van der Waals surface area contributed by atoms with E-state index in [4.69, 9.17) is 5.11 Å². The number of alkyl halides is 1. The van der Waals surface area contributed by atoms with Crippen LogP contribution in [-0.4, -0.2) is 40.7 Å². The lowest BCUT2D eigenvalue weighted by Gasteiger charge is -2.16. The van der Waals surface area contributed by atoms with Crippen molar-refractivity contribution in [2.45, 2.75) is 12.2 Å². The largest absolute Gasteiger partial charge is 0.508 e. The molecular weight excluding hydrogens is 297 g/mol. The third-order valence-electron chi connectivity index (χ3n) is 3.39. The Morgan fingerprint density at radius 3 is 1.91 bits per heavy atom. The minimum absolute atomic E-state index is 0.0772. The first-order chi connectivity index (χ1) is 11.1. The molecule has 2 unspecified atom stereocenters. The normalized spacial score (nSPS) is 13.9. The molecule has 2 aromatic rings. The molecule has 23 heavy (non-hydrogen) atoms. The van der Waals surface area contributed by atoms with Crippen LogP contribution in [0.5, 0.6) is 5.75 Å². The predicted molar refractivity (Wildman–Crippen MR) is 90.0 cm³/mol. The molecule has 0 radical (unpaired) electrons. The minimum atomic E-state index is -1.37. The van der Waals surface area contributed by atoms with Crippen LogP contribution in [0.3, 0.4) is 0 Å². The van der Waals surface area contributed by atoms with E-state index in [0.717, 1.165) is 16.8 Å². The molecule has 0 aromatic heterocycles. The van der Waals surface area contributed by atoms with Gasteiger partial charge in [0.2, 0.25) is 0 Å². The number of anilines is 1. The fraction of sp³-hybridized carbons (Fsp3) is 0.222. The highest BCUT2D eigenvalue weighted by Gasteiger charge is 2.15. The Kier molecular flexibility index (Phi) is 6.14. The van der Waals surface area contributed by atoms with Gasteiger partial charge in [0, 0.05) is 12.2 Å². The van der Waals surface area contributed by atoms with E-state index in [-0.39, 0.29) is 12.3 Å². The molecule has 0 saturated heterocycles.